The van der Waals surface area contributed by atoms with Gasteiger partial charge < -0.3 is 15.0 Å². The van der Waals surface area contributed by atoms with Crippen LogP contribution in [-0.2, 0) is 6.42 Å². The molecule has 3 aromatic rings. The Balaban J connectivity index is 2.01. The maximum absolute atomic E-state index is 12.7. The number of nitrogens with zero attached hydrogens (tertiary/aromatic N) is 3. The molecule has 0 radical (unpaired) electrons. The summed E-state index contributed by atoms with van der Waals surface area (Å²) in [5.74, 6) is 1.26. The van der Waals surface area contributed by atoms with Crippen molar-refractivity contribution in [3.63, 3.8) is 0 Å². The van der Waals surface area contributed by atoms with Crippen LogP contribution in [0.15, 0.2) is 24.7 Å². The number of benzene rings is 1. The second kappa shape index (κ2) is 5.56. The Labute approximate surface area is 152 Å². The number of hydrogen-bond donors (Lipinski definition) is 1. The second-order valence-electron chi connectivity index (χ2n) is 7.72. The van der Waals surface area contributed by atoms with Gasteiger partial charge in [0, 0.05) is 29.3 Å². The summed E-state index contributed by atoms with van der Waals surface area (Å²) >= 11 is 0. The first kappa shape index (κ1) is 16.6. The fourth-order valence-corrected chi connectivity index (χ4v) is 4.00. The zero-order valence-electron chi connectivity index (χ0n) is 15.5. The molecule has 6 heteroatoms. The van der Waals surface area contributed by atoms with Gasteiger partial charge in [-0.2, -0.15) is 0 Å². The molecule has 134 valence electrons. The highest BCUT2D eigenvalue weighted by Crippen LogP contribution is 2.40. The van der Waals surface area contributed by atoms with Crippen LogP contribution in [0.4, 0.5) is 5.82 Å². The topological polar surface area (TPSA) is 83.0 Å². The Morgan fingerprint density at radius 3 is 2.73 bits per heavy atom. The molecule has 4 rings (SSSR count). The van der Waals surface area contributed by atoms with Crippen molar-refractivity contribution in [1.82, 2.24) is 14.5 Å². The molecule has 1 aromatic carbocycles. The molecule has 0 saturated heterocycles. The smallest absolute Gasteiger partial charge is 0.169 e. The van der Waals surface area contributed by atoms with Crippen LogP contribution in [0.5, 0.6) is 5.75 Å². The van der Waals surface area contributed by atoms with Crippen LogP contribution < -0.4 is 10.5 Å². The van der Waals surface area contributed by atoms with E-state index in [0.717, 1.165) is 34.3 Å². The van der Waals surface area contributed by atoms with E-state index >= 15 is 0 Å². The summed E-state index contributed by atoms with van der Waals surface area (Å²) in [5.41, 5.74) is 10.3. The summed E-state index contributed by atoms with van der Waals surface area (Å²) in [7, 11) is 1.62. The van der Waals surface area contributed by atoms with Gasteiger partial charge in [-0.1, -0.05) is 13.8 Å². The van der Waals surface area contributed by atoms with Gasteiger partial charge in [0.1, 0.15) is 17.7 Å². The van der Waals surface area contributed by atoms with Gasteiger partial charge in [0.25, 0.3) is 0 Å². The molecular formula is C20H22N4O2. The van der Waals surface area contributed by atoms with Gasteiger partial charge in [-0.25, -0.2) is 9.97 Å². The molecule has 2 N–H and O–H groups in total. The summed E-state index contributed by atoms with van der Waals surface area (Å²) in [6, 6.07) is 3.85. The number of aromatic nitrogens is 3. The summed E-state index contributed by atoms with van der Waals surface area (Å²) < 4.78 is 7.77. The molecule has 0 spiro atoms. The number of nitrogens with two attached hydrogens (primary N) is 1. The zero-order valence-corrected chi connectivity index (χ0v) is 15.5. The lowest BCUT2D eigenvalue weighted by atomic mass is 9.75. The van der Waals surface area contributed by atoms with Crippen molar-refractivity contribution in [3.05, 3.63) is 41.5 Å². The number of anilines is 1. The fourth-order valence-electron chi connectivity index (χ4n) is 4.00. The lowest BCUT2D eigenvalue weighted by Crippen LogP contribution is -2.28. The maximum atomic E-state index is 12.7. The third-order valence-corrected chi connectivity index (χ3v) is 5.09. The first-order valence-electron chi connectivity index (χ1n) is 8.64. The zero-order chi connectivity index (χ0) is 18.6. The minimum Gasteiger partial charge on any atom is -0.492 e. The number of carbonyl (C=O) groups is 1. The molecule has 1 aliphatic rings. The molecule has 6 nitrogen and oxygen atoms in total. The van der Waals surface area contributed by atoms with E-state index in [1.54, 1.807) is 7.11 Å². The van der Waals surface area contributed by atoms with E-state index < -0.39 is 0 Å². The fraction of sp³-hybridized carbons (Fsp3) is 0.350. The number of hydrogen-bond acceptors (Lipinski definition) is 5. The number of methoxy groups -OCH3 is 1. The number of nitrogen functional groups attached to an aromatic ring is 1. The number of carbonyl (C=O) groups excluding carboxylic acids is 1. The van der Waals surface area contributed by atoms with Crippen LogP contribution in [0.25, 0.3) is 16.6 Å². The number of Topliss-reactive ketones (excluding diaryl/α,β-unsaturated/α-hetero) is 1. The average molecular weight is 350 g/mol. The molecule has 0 atom stereocenters. The second-order valence-corrected chi connectivity index (χ2v) is 7.72. The van der Waals surface area contributed by atoms with Gasteiger partial charge in [0.05, 0.1) is 12.8 Å². The van der Waals surface area contributed by atoms with Gasteiger partial charge in [-0.05, 0) is 36.5 Å². The number of ether oxygens (including phenoxy) is 1. The van der Waals surface area contributed by atoms with E-state index in [4.69, 9.17) is 10.5 Å². The summed E-state index contributed by atoms with van der Waals surface area (Å²) in [6.45, 7) is 6.25. The van der Waals surface area contributed by atoms with Gasteiger partial charge >= 0.3 is 0 Å². The molecule has 1 aliphatic carbocycles. The normalized spacial score (nSPS) is 15.9. The third-order valence-electron chi connectivity index (χ3n) is 5.09. The van der Waals surface area contributed by atoms with E-state index in [0.29, 0.717) is 23.5 Å². The summed E-state index contributed by atoms with van der Waals surface area (Å²) in [5, 5.41) is 0.752. The highest BCUT2D eigenvalue weighted by atomic mass is 16.5. The van der Waals surface area contributed by atoms with Crippen molar-refractivity contribution in [2.24, 2.45) is 5.41 Å². The van der Waals surface area contributed by atoms with Crippen molar-refractivity contribution >= 4 is 22.5 Å². The molecule has 0 unspecified atom stereocenters. The minimum atomic E-state index is -0.0662. The molecule has 26 heavy (non-hydrogen) atoms. The summed E-state index contributed by atoms with van der Waals surface area (Å²) in [6.07, 6.45) is 4.85. The van der Waals surface area contributed by atoms with E-state index in [1.807, 2.05) is 25.3 Å². The van der Waals surface area contributed by atoms with Crippen molar-refractivity contribution in [1.29, 1.82) is 0 Å². The SMILES string of the molecule is COc1c(-n2cc(C)c3c2CC(C)(C)CC3=O)ccc2c(N)ncnc12. The van der Waals surface area contributed by atoms with E-state index in [1.165, 1.54) is 6.33 Å². The van der Waals surface area contributed by atoms with Crippen LogP contribution >= 0.6 is 0 Å². The van der Waals surface area contributed by atoms with Gasteiger partial charge in [-0.15, -0.1) is 0 Å². The van der Waals surface area contributed by atoms with Gasteiger partial charge in [0.15, 0.2) is 11.5 Å². The highest BCUT2D eigenvalue weighted by Gasteiger charge is 2.35. The Hall–Kier alpha value is -2.89. The molecule has 0 amide bonds. The summed E-state index contributed by atoms with van der Waals surface area (Å²) in [4.78, 5) is 21.1. The van der Waals surface area contributed by atoms with Crippen molar-refractivity contribution in [2.45, 2.75) is 33.6 Å². The van der Waals surface area contributed by atoms with E-state index in [-0.39, 0.29) is 11.2 Å². The van der Waals surface area contributed by atoms with Gasteiger partial charge in [0.2, 0.25) is 0 Å². The van der Waals surface area contributed by atoms with Crippen LogP contribution in [0.2, 0.25) is 0 Å². The Kier molecular flexibility index (Phi) is 3.54. The van der Waals surface area contributed by atoms with Crippen molar-refractivity contribution < 1.29 is 9.53 Å². The monoisotopic (exact) mass is 350 g/mol. The van der Waals surface area contributed by atoms with Crippen molar-refractivity contribution in [2.75, 3.05) is 12.8 Å². The van der Waals surface area contributed by atoms with Crippen LogP contribution in [0.3, 0.4) is 0 Å². The molecule has 2 heterocycles. The lowest BCUT2D eigenvalue weighted by molar-refractivity contribution is 0.0910. The standard InChI is InChI=1S/C20H22N4O2/c1-11-9-24(14-7-20(2,3)8-15(25)16(11)14)13-6-5-12-17(18(13)26-4)22-10-23-19(12)21/h5-6,9-10H,7-8H2,1-4H3,(H2,21,22,23). The predicted octanol–water partition coefficient (Wildman–Crippen LogP) is 3.47. The van der Waals surface area contributed by atoms with Crippen LogP contribution in [0, 0.1) is 12.3 Å². The first-order chi connectivity index (χ1) is 12.3. The Bertz CT molecular complexity index is 1050. The van der Waals surface area contributed by atoms with Crippen LogP contribution in [-0.4, -0.2) is 27.4 Å². The number of fused-ring (bicyclic) bond motifs is 2. The molecular weight excluding hydrogens is 328 g/mol. The van der Waals surface area contributed by atoms with E-state index in [2.05, 4.69) is 28.4 Å². The largest absolute Gasteiger partial charge is 0.492 e. The first-order valence-corrected chi connectivity index (χ1v) is 8.64. The molecule has 0 bridgehead atoms. The predicted molar refractivity (Wildman–Crippen MR) is 101 cm³/mol. The minimum absolute atomic E-state index is 0.0662. The molecule has 2 aromatic heterocycles. The lowest BCUT2D eigenvalue weighted by Gasteiger charge is -2.30. The molecule has 0 aliphatic heterocycles. The molecule has 0 fully saturated rings. The average Bonchev–Trinajstić information content (AvgIpc) is 2.89. The number of rotatable bonds is 2. The van der Waals surface area contributed by atoms with Crippen molar-refractivity contribution in [3.8, 4) is 11.4 Å². The molecule has 0 saturated carbocycles. The Morgan fingerprint density at radius 2 is 2.00 bits per heavy atom. The van der Waals surface area contributed by atoms with Gasteiger partial charge in [-0.3, -0.25) is 4.79 Å². The highest BCUT2D eigenvalue weighted by molar-refractivity contribution is 6.01. The van der Waals surface area contributed by atoms with Crippen LogP contribution in [0.1, 0.15) is 41.9 Å². The number of ketones is 1. The third kappa shape index (κ3) is 2.36. The number of aryl methyl sites for hydroxylation is 1. The Morgan fingerprint density at radius 1 is 1.23 bits per heavy atom. The quantitative estimate of drug-likeness (QED) is 0.765. The van der Waals surface area contributed by atoms with E-state index in [9.17, 15) is 4.79 Å². The maximum Gasteiger partial charge on any atom is 0.169 e.